The average Bonchev–Trinajstić information content (AvgIpc) is 3.00. The number of anilines is 2. The summed E-state index contributed by atoms with van der Waals surface area (Å²) in [5.41, 5.74) is -0.755. The number of ether oxygens (including phenoxy) is 1. The Morgan fingerprint density at radius 3 is 2.61 bits per heavy atom. The molecule has 3 aliphatic heterocycles. The van der Waals surface area contributed by atoms with Gasteiger partial charge in [-0.1, -0.05) is 0 Å². The molecule has 198 valence electrons. The van der Waals surface area contributed by atoms with Crippen LogP contribution in [-0.2, 0) is 15.7 Å². The Kier molecular flexibility index (Phi) is 5.84. The van der Waals surface area contributed by atoms with E-state index < -0.39 is 11.7 Å². The van der Waals surface area contributed by atoms with E-state index in [9.17, 15) is 18.0 Å². The van der Waals surface area contributed by atoms with Gasteiger partial charge in [0.05, 0.1) is 25.2 Å². The standard InChI is InChI=1S/C24H34F3N7O2/c1-32-5-7-33(8-6-32)23-13-22(14-23,15-23)31-21-29-10-18(24(25,26)27)19(30-21)28-3-2-4-34-17-9-16(20(34)35)11-36-12-17/h10,16-17H,2-9,11-15H2,1H3,(H2,28,29,30,31). The minimum Gasteiger partial charge on any atom is -0.378 e. The zero-order valence-corrected chi connectivity index (χ0v) is 20.6. The highest BCUT2D eigenvalue weighted by atomic mass is 19.4. The molecule has 2 unspecified atom stereocenters. The number of likely N-dealkylation sites (tertiary alicyclic amines) is 1. The van der Waals surface area contributed by atoms with Crippen molar-refractivity contribution in [1.82, 2.24) is 24.7 Å². The summed E-state index contributed by atoms with van der Waals surface area (Å²) in [6, 6.07) is 0.0824. The number of fused-ring (bicyclic) bond motifs is 2. The van der Waals surface area contributed by atoms with Crippen LogP contribution in [0.4, 0.5) is 24.9 Å². The number of likely N-dealkylation sites (N-methyl/N-ethyl adjacent to an activating group) is 1. The van der Waals surface area contributed by atoms with E-state index in [0.29, 0.717) is 26.2 Å². The summed E-state index contributed by atoms with van der Waals surface area (Å²) in [4.78, 5) is 27.4. The number of nitrogens with one attached hydrogen (secondary N) is 2. The molecule has 6 aliphatic rings. The van der Waals surface area contributed by atoms with Gasteiger partial charge in [-0.2, -0.15) is 18.2 Å². The number of amides is 1. The van der Waals surface area contributed by atoms with E-state index in [0.717, 1.165) is 58.1 Å². The molecule has 4 bridgehead atoms. The predicted molar refractivity (Wildman–Crippen MR) is 127 cm³/mol. The molecule has 3 aliphatic carbocycles. The molecular weight excluding hydrogens is 475 g/mol. The van der Waals surface area contributed by atoms with Crippen LogP contribution in [0.5, 0.6) is 0 Å². The predicted octanol–water partition coefficient (Wildman–Crippen LogP) is 1.88. The second kappa shape index (κ2) is 8.70. The van der Waals surface area contributed by atoms with Crippen molar-refractivity contribution in [3.63, 3.8) is 0 Å². The molecule has 4 heterocycles. The third-order valence-corrected chi connectivity index (χ3v) is 8.77. The Morgan fingerprint density at radius 1 is 1.17 bits per heavy atom. The fourth-order valence-electron chi connectivity index (χ4n) is 6.87. The second-order valence-corrected chi connectivity index (χ2v) is 11.3. The van der Waals surface area contributed by atoms with Gasteiger partial charge < -0.3 is 25.2 Å². The van der Waals surface area contributed by atoms with Crippen LogP contribution in [0.3, 0.4) is 0 Å². The normalized spacial score (nSPS) is 34.3. The molecule has 0 spiro atoms. The van der Waals surface area contributed by atoms with Crippen molar-refractivity contribution in [2.24, 2.45) is 5.92 Å². The average molecular weight is 510 g/mol. The number of hydrogen-bond donors (Lipinski definition) is 2. The van der Waals surface area contributed by atoms with Gasteiger partial charge in [0, 0.05) is 56.5 Å². The Balaban J connectivity index is 1.06. The van der Waals surface area contributed by atoms with Crippen LogP contribution in [0.15, 0.2) is 6.20 Å². The molecular formula is C24H34F3N7O2. The van der Waals surface area contributed by atoms with Crippen molar-refractivity contribution < 1.29 is 22.7 Å². The van der Waals surface area contributed by atoms with E-state index >= 15 is 0 Å². The van der Waals surface area contributed by atoms with Gasteiger partial charge in [-0.25, -0.2) is 4.98 Å². The molecule has 0 radical (unpaired) electrons. The number of carbonyl (C=O) groups excluding carboxylic acids is 1. The van der Waals surface area contributed by atoms with Gasteiger partial charge in [-0.3, -0.25) is 9.69 Å². The molecule has 3 saturated heterocycles. The summed E-state index contributed by atoms with van der Waals surface area (Å²) in [5, 5.41) is 6.21. The van der Waals surface area contributed by atoms with Crippen LogP contribution in [0, 0.1) is 5.92 Å². The smallest absolute Gasteiger partial charge is 0.378 e. The largest absolute Gasteiger partial charge is 0.421 e. The van der Waals surface area contributed by atoms with Crippen LogP contribution in [0.2, 0.25) is 0 Å². The molecule has 7 rings (SSSR count). The first-order valence-corrected chi connectivity index (χ1v) is 12.9. The van der Waals surface area contributed by atoms with E-state index in [2.05, 4.69) is 37.4 Å². The molecule has 1 aromatic rings. The second-order valence-electron chi connectivity index (χ2n) is 11.3. The minimum absolute atomic E-state index is 0.0728. The molecule has 36 heavy (non-hydrogen) atoms. The van der Waals surface area contributed by atoms with Crippen molar-refractivity contribution >= 4 is 17.7 Å². The van der Waals surface area contributed by atoms with Gasteiger partial charge in [0.1, 0.15) is 11.4 Å². The van der Waals surface area contributed by atoms with Crippen molar-refractivity contribution in [3.05, 3.63) is 11.8 Å². The Morgan fingerprint density at radius 2 is 1.92 bits per heavy atom. The number of hydrogen-bond acceptors (Lipinski definition) is 8. The van der Waals surface area contributed by atoms with E-state index in [1.165, 1.54) is 0 Å². The zero-order chi connectivity index (χ0) is 25.1. The molecule has 3 saturated carbocycles. The maximum atomic E-state index is 13.6. The number of aromatic nitrogens is 2. The molecule has 12 heteroatoms. The Bertz CT molecular complexity index is 994. The molecule has 9 nitrogen and oxygen atoms in total. The van der Waals surface area contributed by atoms with E-state index in [4.69, 9.17) is 4.74 Å². The third-order valence-electron chi connectivity index (χ3n) is 8.77. The fraction of sp³-hybridized carbons (Fsp3) is 0.792. The maximum Gasteiger partial charge on any atom is 0.421 e. The first-order valence-electron chi connectivity index (χ1n) is 12.9. The Labute approximate surface area is 208 Å². The van der Waals surface area contributed by atoms with Crippen LogP contribution < -0.4 is 10.6 Å². The zero-order valence-electron chi connectivity index (χ0n) is 20.6. The molecule has 0 aromatic carbocycles. The number of halogens is 3. The summed E-state index contributed by atoms with van der Waals surface area (Å²) in [5.74, 6) is 0.0411. The van der Waals surface area contributed by atoms with Crippen molar-refractivity contribution in [2.45, 2.75) is 55.4 Å². The highest BCUT2D eigenvalue weighted by Crippen LogP contribution is 2.64. The topological polar surface area (TPSA) is 85.9 Å². The van der Waals surface area contributed by atoms with Gasteiger partial charge in [0.25, 0.3) is 0 Å². The lowest BCUT2D eigenvalue weighted by atomic mass is 9.43. The van der Waals surface area contributed by atoms with Gasteiger partial charge >= 0.3 is 6.18 Å². The first-order chi connectivity index (χ1) is 17.2. The van der Waals surface area contributed by atoms with Gasteiger partial charge in [0.2, 0.25) is 11.9 Å². The lowest BCUT2D eigenvalue weighted by molar-refractivity contribution is -0.160. The lowest BCUT2D eigenvalue weighted by Gasteiger charge is -2.74. The molecule has 1 aromatic heterocycles. The monoisotopic (exact) mass is 509 g/mol. The van der Waals surface area contributed by atoms with E-state index in [-0.39, 0.29) is 47.3 Å². The van der Waals surface area contributed by atoms with Gasteiger partial charge in [-0.05, 0) is 39.2 Å². The number of rotatable bonds is 8. The SMILES string of the molecule is CN1CCN(C23CC(Nc4ncc(C(F)(F)F)c(NCCCN5C(=O)C6COCC5C6)n4)(C2)C3)CC1. The minimum atomic E-state index is -4.55. The van der Waals surface area contributed by atoms with Crippen molar-refractivity contribution in [2.75, 3.05) is 70.2 Å². The van der Waals surface area contributed by atoms with E-state index in [1.807, 2.05) is 4.90 Å². The highest BCUT2D eigenvalue weighted by molar-refractivity contribution is 5.82. The molecule has 2 atom stereocenters. The van der Waals surface area contributed by atoms with Crippen LogP contribution in [0.25, 0.3) is 0 Å². The summed E-state index contributed by atoms with van der Waals surface area (Å²) >= 11 is 0. The van der Waals surface area contributed by atoms with Crippen molar-refractivity contribution in [3.8, 4) is 0 Å². The van der Waals surface area contributed by atoms with Gasteiger partial charge in [-0.15, -0.1) is 0 Å². The van der Waals surface area contributed by atoms with Crippen LogP contribution >= 0.6 is 0 Å². The van der Waals surface area contributed by atoms with Gasteiger partial charge in [0.15, 0.2) is 0 Å². The molecule has 6 fully saturated rings. The summed E-state index contributed by atoms with van der Waals surface area (Å²) in [6.07, 6.45) is 0.581. The summed E-state index contributed by atoms with van der Waals surface area (Å²) in [6.45, 7) is 6.04. The van der Waals surface area contributed by atoms with Crippen LogP contribution in [0.1, 0.15) is 37.7 Å². The Hall–Kier alpha value is -2.18. The summed E-state index contributed by atoms with van der Waals surface area (Å²) < 4.78 is 46.3. The quantitative estimate of drug-likeness (QED) is 0.514. The number of alkyl halides is 3. The lowest BCUT2D eigenvalue weighted by Crippen LogP contribution is -2.82. The molecule has 1 amide bonds. The van der Waals surface area contributed by atoms with Crippen LogP contribution in [-0.4, -0.2) is 107 Å². The van der Waals surface area contributed by atoms with E-state index in [1.54, 1.807) is 0 Å². The number of carbonyl (C=O) groups is 1. The first kappa shape index (κ1) is 24.2. The highest BCUT2D eigenvalue weighted by Gasteiger charge is 2.70. The van der Waals surface area contributed by atoms with Crippen molar-refractivity contribution in [1.29, 1.82) is 0 Å². The number of nitrogens with zero attached hydrogens (tertiary/aromatic N) is 5. The third kappa shape index (κ3) is 4.20. The molecule has 2 N–H and O–H groups in total. The maximum absolute atomic E-state index is 13.6. The summed E-state index contributed by atoms with van der Waals surface area (Å²) in [7, 11) is 2.14. The fourth-order valence-corrected chi connectivity index (χ4v) is 6.87. The number of piperazine rings is 1.